The van der Waals surface area contributed by atoms with Crippen molar-refractivity contribution in [3.63, 3.8) is 0 Å². The van der Waals surface area contributed by atoms with Crippen LogP contribution in [0.1, 0.15) is 52.5 Å². The van der Waals surface area contributed by atoms with Crippen LogP contribution < -0.4 is 10.6 Å². The van der Waals surface area contributed by atoms with Gasteiger partial charge < -0.3 is 20.8 Å². The molecule has 0 saturated carbocycles. The molecule has 0 fully saturated rings. The van der Waals surface area contributed by atoms with Crippen molar-refractivity contribution in [2.75, 3.05) is 0 Å². The maximum Gasteiger partial charge on any atom is 0.263 e. The molecule has 0 aliphatic rings. The van der Waals surface area contributed by atoms with Gasteiger partial charge in [-0.2, -0.15) is 0 Å². The summed E-state index contributed by atoms with van der Waals surface area (Å²) in [5, 5.41) is 30.0. The molecule has 2 heterocycles. The Morgan fingerprint density at radius 3 is 2.39 bits per heavy atom. The van der Waals surface area contributed by atoms with Gasteiger partial charge in [0, 0.05) is 22.2 Å². The molecule has 8 nitrogen and oxygen atoms in total. The number of aliphatic hydroxyl groups is 2. The molecule has 2 aromatic heterocycles. The summed E-state index contributed by atoms with van der Waals surface area (Å²) >= 11 is 8.41. The Labute approximate surface area is 250 Å². The molecule has 41 heavy (non-hydrogen) atoms. The third-order valence-electron chi connectivity index (χ3n) is 6.39. The Morgan fingerprint density at radius 2 is 1.73 bits per heavy atom. The van der Waals surface area contributed by atoms with Crippen molar-refractivity contribution >= 4 is 46.1 Å². The van der Waals surface area contributed by atoms with Crippen molar-refractivity contribution in [2.45, 2.75) is 56.9 Å². The summed E-state index contributed by atoms with van der Waals surface area (Å²) in [7, 11) is 0. The minimum absolute atomic E-state index is 0.177. The molecule has 2 unspecified atom stereocenters. The smallest absolute Gasteiger partial charge is 0.263 e. The van der Waals surface area contributed by atoms with Crippen LogP contribution in [-0.2, 0) is 11.2 Å². The standard InChI is InChI=1S/C29H30ClFN4O4S2/c1-17(36)2-12-23(35-27(39)24-16-33-28(41-24)19-6-8-20(30)9-7-19)26(38)34-22(25(37)29-32-14-15-40-29)13-5-18-3-10-21(31)11-4-18/h3-4,6-11,14-17,22-23,25,36-37H,2,5,12-13H2,1H3,(H,34,38)(H,35,39)/t17?,22-,23-,25?/m0/s1. The van der Waals surface area contributed by atoms with E-state index in [9.17, 15) is 24.2 Å². The molecule has 0 bridgehead atoms. The maximum absolute atomic E-state index is 13.5. The van der Waals surface area contributed by atoms with Gasteiger partial charge in [-0.05, 0) is 62.4 Å². The number of hydrogen-bond donors (Lipinski definition) is 4. The van der Waals surface area contributed by atoms with Crippen molar-refractivity contribution in [3.8, 4) is 10.6 Å². The van der Waals surface area contributed by atoms with Gasteiger partial charge in [-0.3, -0.25) is 9.59 Å². The number of hydrogen-bond acceptors (Lipinski definition) is 8. The summed E-state index contributed by atoms with van der Waals surface area (Å²) in [6, 6.07) is 11.4. The van der Waals surface area contributed by atoms with Crippen LogP contribution in [0.15, 0.2) is 66.3 Å². The van der Waals surface area contributed by atoms with Crippen LogP contribution >= 0.6 is 34.3 Å². The lowest BCUT2D eigenvalue weighted by Crippen LogP contribution is -2.51. The molecular formula is C29H30ClFN4O4S2. The van der Waals surface area contributed by atoms with Crippen LogP contribution in [0.4, 0.5) is 4.39 Å². The lowest BCUT2D eigenvalue weighted by Gasteiger charge is -2.26. The molecule has 2 aromatic carbocycles. The van der Waals surface area contributed by atoms with E-state index in [1.54, 1.807) is 42.8 Å². The zero-order valence-corrected chi connectivity index (χ0v) is 24.6. The number of benzene rings is 2. The Morgan fingerprint density at radius 1 is 1.00 bits per heavy atom. The van der Waals surface area contributed by atoms with Gasteiger partial charge >= 0.3 is 0 Å². The summed E-state index contributed by atoms with van der Waals surface area (Å²) in [6.07, 6.45) is 2.50. The molecule has 0 spiro atoms. The van der Waals surface area contributed by atoms with Gasteiger partial charge in [0.1, 0.15) is 32.9 Å². The number of thiazole rings is 2. The summed E-state index contributed by atoms with van der Waals surface area (Å²) < 4.78 is 13.4. The third-order valence-corrected chi connectivity index (χ3v) is 8.53. The fraction of sp³-hybridized carbons (Fsp3) is 0.310. The molecule has 0 aliphatic carbocycles. The van der Waals surface area contributed by atoms with Crippen molar-refractivity contribution in [3.05, 3.63) is 92.6 Å². The number of aromatic nitrogens is 2. The van der Waals surface area contributed by atoms with Crippen LogP contribution in [0.3, 0.4) is 0 Å². The second-order valence-corrected chi connectivity index (χ2v) is 12.0. The maximum atomic E-state index is 13.5. The second-order valence-electron chi connectivity index (χ2n) is 9.58. The number of nitrogens with one attached hydrogen (secondary N) is 2. The van der Waals surface area contributed by atoms with Gasteiger partial charge in [-0.25, -0.2) is 14.4 Å². The van der Waals surface area contributed by atoms with Crippen molar-refractivity contribution < 1.29 is 24.2 Å². The van der Waals surface area contributed by atoms with Crippen molar-refractivity contribution in [1.82, 2.24) is 20.6 Å². The first-order valence-electron chi connectivity index (χ1n) is 13.0. The fourth-order valence-electron chi connectivity index (χ4n) is 4.13. The van der Waals surface area contributed by atoms with Gasteiger partial charge in [0.2, 0.25) is 5.91 Å². The first kappa shape index (κ1) is 30.7. The zero-order chi connectivity index (χ0) is 29.4. The van der Waals surface area contributed by atoms with Crippen LogP contribution in [0.25, 0.3) is 10.6 Å². The summed E-state index contributed by atoms with van der Waals surface area (Å²) in [5.41, 5.74) is 1.65. The van der Waals surface area contributed by atoms with E-state index in [2.05, 4.69) is 20.6 Å². The van der Waals surface area contributed by atoms with E-state index in [0.29, 0.717) is 32.8 Å². The number of carbonyl (C=O) groups excluding carboxylic acids is 2. The van der Waals surface area contributed by atoms with Crippen LogP contribution in [-0.4, -0.2) is 50.2 Å². The number of carbonyl (C=O) groups is 2. The van der Waals surface area contributed by atoms with E-state index in [1.165, 1.54) is 41.0 Å². The normalized spacial score (nSPS) is 14.2. The molecule has 4 aromatic rings. The third kappa shape index (κ3) is 8.88. The average Bonchev–Trinajstić information content (AvgIpc) is 3.67. The van der Waals surface area contributed by atoms with Crippen molar-refractivity contribution in [2.24, 2.45) is 0 Å². The van der Waals surface area contributed by atoms with Crippen LogP contribution in [0.5, 0.6) is 0 Å². The molecule has 0 aliphatic heterocycles. The first-order valence-corrected chi connectivity index (χ1v) is 15.1. The van der Waals surface area contributed by atoms with Crippen molar-refractivity contribution in [1.29, 1.82) is 0 Å². The molecule has 4 atom stereocenters. The molecule has 0 saturated heterocycles. The SMILES string of the molecule is CC(O)CC[C@H](NC(=O)c1cnc(-c2ccc(Cl)cc2)s1)C(=O)N[C@@H](CCc1ccc(F)cc1)C(O)c1nccs1. The van der Waals surface area contributed by atoms with E-state index in [1.807, 2.05) is 12.1 Å². The van der Waals surface area contributed by atoms with E-state index in [-0.39, 0.29) is 18.7 Å². The van der Waals surface area contributed by atoms with E-state index in [0.717, 1.165) is 11.1 Å². The van der Waals surface area contributed by atoms with Gasteiger partial charge in [-0.15, -0.1) is 22.7 Å². The number of aliphatic hydroxyl groups excluding tert-OH is 2. The number of aryl methyl sites for hydroxylation is 1. The monoisotopic (exact) mass is 616 g/mol. The first-order chi connectivity index (χ1) is 19.7. The summed E-state index contributed by atoms with van der Waals surface area (Å²) in [5.74, 6) is -1.32. The second kappa shape index (κ2) is 14.6. The van der Waals surface area contributed by atoms with E-state index in [4.69, 9.17) is 11.6 Å². The largest absolute Gasteiger partial charge is 0.393 e. The zero-order valence-electron chi connectivity index (χ0n) is 22.2. The summed E-state index contributed by atoms with van der Waals surface area (Å²) in [4.78, 5) is 35.5. The highest BCUT2D eigenvalue weighted by atomic mass is 35.5. The fourth-order valence-corrected chi connectivity index (χ4v) is 5.77. The van der Waals surface area contributed by atoms with Crippen LogP contribution in [0, 0.1) is 5.82 Å². The lowest BCUT2D eigenvalue weighted by molar-refractivity contribution is -0.125. The number of amides is 2. The minimum atomic E-state index is -1.09. The highest BCUT2D eigenvalue weighted by molar-refractivity contribution is 7.16. The Kier molecular flexibility index (Phi) is 10.9. The predicted octanol–water partition coefficient (Wildman–Crippen LogP) is 5.17. The highest BCUT2D eigenvalue weighted by Crippen LogP contribution is 2.27. The molecule has 2 amide bonds. The molecule has 12 heteroatoms. The molecular weight excluding hydrogens is 587 g/mol. The Balaban J connectivity index is 1.48. The quantitative estimate of drug-likeness (QED) is 0.164. The number of rotatable bonds is 13. The highest BCUT2D eigenvalue weighted by Gasteiger charge is 2.29. The van der Waals surface area contributed by atoms with Gasteiger partial charge in [0.05, 0.1) is 18.3 Å². The van der Waals surface area contributed by atoms with Gasteiger partial charge in [0.15, 0.2) is 0 Å². The topological polar surface area (TPSA) is 124 Å². The Hall–Kier alpha value is -3.22. The molecule has 216 valence electrons. The predicted molar refractivity (Wildman–Crippen MR) is 158 cm³/mol. The summed E-state index contributed by atoms with van der Waals surface area (Å²) in [6.45, 7) is 1.61. The number of nitrogens with zero attached hydrogens (tertiary/aromatic N) is 2. The van der Waals surface area contributed by atoms with E-state index >= 15 is 0 Å². The van der Waals surface area contributed by atoms with Gasteiger partial charge in [-0.1, -0.05) is 35.9 Å². The van der Waals surface area contributed by atoms with Crippen LogP contribution in [0.2, 0.25) is 5.02 Å². The number of halogens is 2. The van der Waals surface area contributed by atoms with Gasteiger partial charge in [0.25, 0.3) is 5.91 Å². The molecule has 4 N–H and O–H groups in total. The molecule has 4 rings (SSSR count). The Bertz CT molecular complexity index is 1420. The van der Waals surface area contributed by atoms with E-state index < -0.39 is 36.1 Å². The minimum Gasteiger partial charge on any atom is -0.393 e. The average molecular weight is 617 g/mol. The molecule has 0 radical (unpaired) electrons. The lowest BCUT2D eigenvalue weighted by atomic mass is 10.00.